The number of hydrogen-bond acceptors (Lipinski definition) is 2. The minimum absolute atomic E-state index is 0.487. The Morgan fingerprint density at radius 1 is 1.27 bits per heavy atom. The van der Waals surface area contributed by atoms with Crippen molar-refractivity contribution in [1.82, 2.24) is 5.32 Å². The molecule has 2 heteroatoms. The van der Waals surface area contributed by atoms with Gasteiger partial charge in [0.15, 0.2) is 0 Å². The normalized spacial score (nSPS) is 11.9. The summed E-state index contributed by atoms with van der Waals surface area (Å²) in [6, 6.07) is 0.487. The van der Waals surface area contributed by atoms with Gasteiger partial charge in [-0.25, -0.2) is 0 Å². The van der Waals surface area contributed by atoms with Gasteiger partial charge in [-0.2, -0.15) is 0 Å². The van der Waals surface area contributed by atoms with E-state index >= 15 is 0 Å². The molecular formula is C13H26N2. The minimum atomic E-state index is 0.487. The number of nitrogens with one attached hydrogen (secondary N) is 1. The highest BCUT2D eigenvalue weighted by atomic mass is 14.9. The van der Waals surface area contributed by atoms with Crippen molar-refractivity contribution in [2.75, 3.05) is 13.1 Å². The van der Waals surface area contributed by atoms with E-state index in [0.29, 0.717) is 6.04 Å². The highest BCUT2D eigenvalue weighted by Crippen LogP contribution is 2.04. The molecular weight excluding hydrogens is 184 g/mol. The Hall–Kier alpha value is -0.520. The first-order valence-corrected chi connectivity index (χ1v) is 6.18. The third-order valence-electron chi connectivity index (χ3n) is 2.55. The van der Waals surface area contributed by atoms with E-state index in [9.17, 15) is 0 Å². The Bertz CT molecular complexity index is 179. The monoisotopic (exact) mass is 210 g/mol. The molecule has 88 valence electrons. The molecule has 0 rings (SSSR count). The van der Waals surface area contributed by atoms with Crippen LogP contribution in [-0.2, 0) is 0 Å². The average Bonchev–Trinajstić information content (AvgIpc) is 2.27. The number of nitrogens with two attached hydrogens (primary N) is 1. The third-order valence-corrected chi connectivity index (χ3v) is 2.55. The van der Waals surface area contributed by atoms with Gasteiger partial charge in [0.05, 0.1) is 0 Å². The molecule has 0 aliphatic carbocycles. The summed E-state index contributed by atoms with van der Waals surface area (Å²) in [5, 5.41) is 3.45. The van der Waals surface area contributed by atoms with Gasteiger partial charge in [-0.1, -0.05) is 32.6 Å². The molecule has 0 aliphatic heterocycles. The van der Waals surface area contributed by atoms with Crippen LogP contribution in [0, 0.1) is 11.8 Å². The lowest BCUT2D eigenvalue weighted by molar-refractivity contribution is 0.467. The fraction of sp³-hybridized carbons (Fsp3) is 0.846. The molecule has 15 heavy (non-hydrogen) atoms. The van der Waals surface area contributed by atoms with Crippen molar-refractivity contribution in [3.8, 4) is 11.8 Å². The van der Waals surface area contributed by atoms with Crippen molar-refractivity contribution < 1.29 is 0 Å². The molecule has 1 atom stereocenters. The van der Waals surface area contributed by atoms with E-state index in [1.165, 1.54) is 32.1 Å². The Morgan fingerprint density at radius 2 is 2.07 bits per heavy atom. The summed E-state index contributed by atoms with van der Waals surface area (Å²) in [5.41, 5.74) is 5.70. The highest BCUT2D eigenvalue weighted by Gasteiger charge is 2.03. The Kier molecular flexibility index (Phi) is 11.2. The Balaban J connectivity index is 3.40. The highest BCUT2D eigenvalue weighted by molar-refractivity contribution is 4.95. The van der Waals surface area contributed by atoms with Crippen LogP contribution in [0.2, 0.25) is 0 Å². The minimum Gasteiger partial charge on any atom is -0.329 e. The van der Waals surface area contributed by atoms with Gasteiger partial charge < -0.3 is 11.1 Å². The standard InChI is InChI=1S/C13H26N2/c1-3-5-7-8-10-13(12-14)15-11-9-6-4-2/h13,15H,3,5,7-12,14H2,1-2H3. The van der Waals surface area contributed by atoms with E-state index in [1.807, 2.05) is 6.92 Å². The molecule has 0 amide bonds. The third kappa shape index (κ3) is 9.78. The summed E-state index contributed by atoms with van der Waals surface area (Å²) in [4.78, 5) is 0. The molecule has 2 nitrogen and oxygen atoms in total. The van der Waals surface area contributed by atoms with Crippen LogP contribution in [0.4, 0.5) is 0 Å². The van der Waals surface area contributed by atoms with Gasteiger partial charge >= 0.3 is 0 Å². The van der Waals surface area contributed by atoms with Gasteiger partial charge in [0, 0.05) is 25.6 Å². The molecule has 0 heterocycles. The second-order valence-electron chi connectivity index (χ2n) is 3.91. The zero-order valence-corrected chi connectivity index (χ0v) is 10.3. The van der Waals surface area contributed by atoms with Crippen LogP contribution < -0.4 is 11.1 Å². The van der Waals surface area contributed by atoms with Gasteiger partial charge in [0.2, 0.25) is 0 Å². The van der Waals surface area contributed by atoms with Gasteiger partial charge in [0.1, 0.15) is 0 Å². The summed E-state index contributed by atoms with van der Waals surface area (Å²) in [7, 11) is 0. The smallest absolute Gasteiger partial charge is 0.0214 e. The summed E-state index contributed by atoms with van der Waals surface area (Å²) in [5.74, 6) is 5.95. The fourth-order valence-electron chi connectivity index (χ4n) is 1.58. The molecule has 0 radical (unpaired) electrons. The molecule has 0 spiro atoms. The van der Waals surface area contributed by atoms with Crippen molar-refractivity contribution in [2.45, 2.75) is 58.4 Å². The topological polar surface area (TPSA) is 38.0 Å². The van der Waals surface area contributed by atoms with Crippen LogP contribution in [0.15, 0.2) is 0 Å². The Morgan fingerprint density at radius 3 is 2.67 bits per heavy atom. The van der Waals surface area contributed by atoms with Crippen molar-refractivity contribution >= 4 is 0 Å². The fourth-order valence-corrected chi connectivity index (χ4v) is 1.58. The molecule has 3 N–H and O–H groups in total. The van der Waals surface area contributed by atoms with Gasteiger partial charge in [-0.05, 0) is 13.3 Å². The summed E-state index contributed by atoms with van der Waals surface area (Å²) < 4.78 is 0. The maximum Gasteiger partial charge on any atom is 0.0214 e. The average molecular weight is 210 g/mol. The van der Waals surface area contributed by atoms with Gasteiger partial charge in [0.25, 0.3) is 0 Å². The van der Waals surface area contributed by atoms with E-state index < -0.39 is 0 Å². The number of hydrogen-bond donors (Lipinski definition) is 2. The van der Waals surface area contributed by atoms with Crippen LogP contribution in [0.25, 0.3) is 0 Å². The predicted octanol–water partition coefficient (Wildman–Crippen LogP) is 2.29. The summed E-state index contributed by atoms with van der Waals surface area (Å²) in [6.07, 6.45) is 7.41. The second kappa shape index (κ2) is 11.6. The van der Waals surface area contributed by atoms with E-state index in [-0.39, 0.29) is 0 Å². The predicted molar refractivity (Wildman–Crippen MR) is 67.7 cm³/mol. The van der Waals surface area contributed by atoms with Crippen molar-refractivity contribution in [3.05, 3.63) is 0 Å². The maximum atomic E-state index is 5.70. The molecule has 0 aromatic rings. The first-order chi connectivity index (χ1) is 7.35. The van der Waals surface area contributed by atoms with Crippen LogP contribution in [0.1, 0.15) is 52.4 Å². The van der Waals surface area contributed by atoms with Crippen LogP contribution in [0.3, 0.4) is 0 Å². The van der Waals surface area contributed by atoms with E-state index in [4.69, 9.17) is 5.73 Å². The largest absolute Gasteiger partial charge is 0.329 e. The van der Waals surface area contributed by atoms with Crippen LogP contribution in [0.5, 0.6) is 0 Å². The van der Waals surface area contributed by atoms with Crippen LogP contribution in [-0.4, -0.2) is 19.1 Å². The Labute approximate surface area is 95.0 Å². The molecule has 0 saturated carbocycles. The second-order valence-corrected chi connectivity index (χ2v) is 3.91. The molecule has 0 aromatic heterocycles. The number of rotatable bonds is 9. The lowest BCUT2D eigenvalue weighted by atomic mass is 10.1. The zero-order valence-electron chi connectivity index (χ0n) is 10.3. The van der Waals surface area contributed by atoms with Crippen molar-refractivity contribution in [1.29, 1.82) is 0 Å². The molecule has 0 bridgehead atoms. The molecule has 0 saturated heterocycles. The maximum absolute atomic E-state index is 5.70. The summed E-state index contributed by atoms with van der Waals surface area (Å²) >= 11 is 0. The molecule has 0 aromatic carbocycles. The first kappa shape index (κ1) is 14.5. The molecule has 0 fully saturated rings. The molecule has 1 unspecified atom stereocenters. The van der Waals surface area contributed by atoms with Gasteiger partial charge in [-0.15, -0.1) is 11.8 Å². The van der Waals surface area contributed by atoms with Crippen LogP contribution >= 0.6 is 0 Å². The lowest BCUT2D eigenvalue weighted by Gasteiger charge is -2.15. The zero-order chi connectivity index (χ0) is 11.4. The van der Waals surface area contributed by atoms with Crippen molar-refractivity contribution in [3.63, 3.8) is 0 Å². The van der Waals surface area contributed by atoms with Crippen molar-refractivity contribution in [2.24, 2.45) is 5.73 Å². The van der Waals surface area contributed by atoms with E-state index in [2.05, 4.69) is 24.1 Å². The first-order valence-electron chi connectivity index (χ1n) is 6.18. The van der Waals surface area contributed by atoms with E-state index in [1.54, 1.807) is 0 Å². The number of unbranched alkanes of at least 4 members (excludes halogenated alkanes) is 3. The van der Waals surface area contributed by atoms with E-state index in [0.717, 1.165) is 19.5 Å². The van der Waals surface area contributed by atoms with Gasteiger partial charge in [-0.3, -0.25) is 0 Å². The SMILES string of the molecule is CC#CCCNC(CN)CCCCCC. The summed E-state index contributed by atoms with van der Waals surface area (Å²) in [6.45, 7) is 5.83. The lowest BCUT2D eigenvalue weighted by Crippen LogP contribution is -2.36. The quantitative estimate of drug-likeness (QED) is 0.452. The molecule has 0 aliphatic rings.